The monoisotopic (exact) mass is 279 g/mol. The number of hydrogen-bond donors (Lipinski definition) is 2. The molecule has 1 aromatic carbocycles. The quantitative estimate of drug-likeness (QED) is 0.806. The minimum Gasteiger partial charge on any atom is -0.397 e. The van der Waals surface area contributed by atoms with Crippen LogP contribution >= 0.6 is 0 Å². The third-order valence-corrected chi connectivity index (χ3v) is 3.29. The van der Waals surface area contributed by atoms with Crippen molar-refractivity contribution in [1.82, 2.24) is 4.90 Å². The van der Waals surface area contributed by atoms with Crippen molar-refractivity contribution >= 4 is 23.2 Å². The number of anilines is 2. The van der Waals surface area contributed by atoms with Crippen molar-refractivity contribution in [3.8, 4) is 0 Å². The molecule has 5 nitrogen and oxygen atoms in total. The summed E-state index contributed by atoms with van der Waals surface area (Å²) in [5.41, 5.74) is 6.22. The number of nitrogens with two attached hydrogens (primary N) is 1. The van der Waals surface area contributed by atoms with E-state index >= 15 is 0 Å². The van der Waals surface area contributed by atoms with Gasteiger partial charge in [0.15, 0.2) is 0 Å². The van der Waals surface area contributed by atoms with Gasteiger partial charge in [-0.3, -0.25) is 9.59 Å². The Kier molecular flexibility index (Phi) is 4.55. The molecule has 0 aliphatic carbocycles. The fourth-order valence-electron chi connectivity index (χ4n) is 2.23. The highest BCUT2D eigenvalue weighted by Crippen LogP contribution is 2.19. The van der Waals surface area contributed by atoms with Crippen molar-refractivity contribution < 1.29 is 14.0 Å². The number of carbonyl (C=O) groups is 2. The molecule has 20 heavy (non-hydrogen) atoms. The largest absolute Gasteiger partial charge is 0.397 e. The Morgan fingerprint density at radius 3 is 2.90 bits per heavy atom. The molecule has 0 atom stereocenters. The predicted molar refractivity (Wildman–Crippen MR) is 74.5 cm³/mol. The molecular formula is C14H18FN3O2. The standard InChI is InChI=1S/C14H18FN3O2/c15-10-5-6-12(11(16)9-10)17-13(19)3-1-7-18-8-2-4-14(18)20/h5-6,9H,1-4,7-8,16H2,(H,17,19). The van der Waals surface area contributed by atoms with Gasteiger partial charge in [0, 0.05) is 25.9 Å². The zero-order valence-electron chi connectivity index (χ0n) is 11.2. The van der Waals surface area contributed by atoms with E-state index in [4.69, 9.17) is 5.73 Å². The Morgan fingerprint density at radius 1 is 1.45 bits per heavy atom. The molecule has 1 heterocycles. The molecule has 1 aliphatic rings. The van der Waals surface area contributed by atoms with Crippen LogP contribution in [0.25, 0.3) is 0 Å². The van der Waals surface area contributed by atoms with E-state index in [-0.39, 0.29) is 17.5 Å². The molecule has 0 bridgehead atoms. The van der Waals surface area contributed by atoms with Crippen molar-refractivity contribution in [1.29, 1.82) is 0 Å². The molecule has 0 unspecified atom stereocenters. The van der Waals surface area contributed by atoms with Crippen LogP contribution in [0, 0.1) is 5.82 Å². The zero-order valence-corrected chi connectivity index (χ0v) is 11.2. The summed E-state index contributed by atoms with van der Waals surface area (Å²) in [6.07, 6.45) is 2.43. The Morgan fingerprint density at radius 2 is 2.25 bits per heavy atom. The van der Waals surface area contributed by atoms with Crippen LogP contribution in [-0.4, -0.2) is 29.8 Å². The molecule has 0 saturated carbocycles. The summed E-state index contributed by atoms with van der Waals surface area (Å²) >= 11 is 0. The third kappa shape index (κ3) is 3.69. The third-order valence-electron chi connectivity index (χ3n) is 3.29. The van der Waals surface area contributed by atoms with E-state index in [0.717, 1.165) is 13.0 Å². The lowest BCUT2D eigenvalue weighted by atomic mass is 10.2. The lowest BCUT2D eigenvalue weighted by Gasteiger charge is -2.15. The van der Waals surface area contributed by atoms with Crippen LogP contribution in [0.15, 0.2) is 18.2 Å². The lowest BCUT2D eigenvalue weighted by molar-refractivity contribution is -0.128. The fraction of sp³-hybridized carbons (Fsp3) is 0.429. The van der Waals surface area contributed by atoms with Crippen LogP contribution in [0.4, 0.5) is 15.8 Å². The topological polar surface area (TPSA) is 75.4 Å². The number of benzene rings is 1. The van der Waals surface area contributed by atoms with E-state index in [1.165, 1.54) is 18.2 Å². The lowest BCUT2D eigenvalue weighted by Crippen LogP contribution is -2.26. The van der Waals surface area contributed by atoms with Crippen molar-refractivity contribution in [2.45, 2.75) is 25.7 Å². The van der Waals surface area contributed by atoms with E-state index < -0.39 is 5.82 Å². The van der Waals surface area contributed by atoms with Crippen LogP contribution in [0.5, 0.6) is 0 Å². The highest BCUT2D eigenvalue weighted by atomic mass is 19.1. The Bertz CT molecular complexity index is 519. The summed E-state index contributed by atoms with van der Waals surface area (Å²) in [5, 5.41) is 2.64. The van der Waals surface area contributed by atoms with Crippen LogP contribution in [-0.2, 0) is 9.59 Å². The highest BCUT2D eigenvalue weighted by molar-refractivity contribution is 5.93. The van der Waals surface area contributed by atoms with Gasteiger partial charge in [0.25, 0.3) is 0 Å². The second-order valence-corrected chi connectivity index (χ2v) is 4.87. The average Bonchev–Trinajstić information content (AvgIpc) is 2.79. The minimum atomic E-state index is -0.437. The van der Waals surface area contributed by atoms with Crippen LogP contribution in [0.2, 0.25) is 0 Å². The molecule has 1 aliphatic heterocycles. The molecule has 1 fully saturated rings. The van der Waals surface area contributed by atoms with Gasteiger partial charge in [-0.25, -0.2) is 4.39 Å². The maximum atomic E-state index is 12.9. The van der Waals surface area contributed by atoms with Gasteiger partial charge in [0.1, 0.15) is 5.82 Å². The van der Waals surface area contributed by atoms with Gasteiger partial charge in [-0.05, 0) is 31.0 Å². The second kappa shape index (κ2) is 6.36. The van der Waals surface area contributed by atoms with Gasteiger partial charge in [0.05, 0.1) is 11.4 Å². The number of likely N-dealkylation sites (tertiary alicyclic amines) is 1. The van der Waals surface area contributed by atoms with E-state index in [1.807, 2.05) is 0 Å². The first-order valence-corrected chi connectivity index (χ1v) is 6.69. The van der Waals surface area contributed by atoms with Gasteiger partial charge in [0.2, 0.25) is 11.8 Å². The second-order valence-electron chi connectivity index (χ2n) is 4.87. The molecule has 0 radical (unpaired) electrons. The molecule has 0 aromatic heterocycles. The van der Waals surface area contributed by atoms with E-state index in [9.17, 15) is 14.0 Å². The molecule has 3 N–H and O–H groups in total. The van der Waals surface area contributed by atoms with E-state index in [1.54, 1.807) is 4.90 Å². The number of halogens is 1. The maximum Gasteiger partial charge on any atom is 0.224 e. The van der Waals surface area contributed by atoms with E-state index in [0.29, 0.717) is 31.5 Å². The normalized spacial score (nSPS) is 14.7. The summed E-state index contributed by atoms with van der Waals surface area (Å²) in [6.45, 7) is 1.39. The summed E-state index contributed by atoms with van der Waals surface area (Å²) in [7, 11) is 0. The van der Waals surface area contributed by atoms with Crippen molar-refractivity contribution in [3.05, 3.63) is 24.0 Å². The number of nitrogens with one attached hydrogen (secondary N) is 1. The number of nitrogen functional groups attached to an aromatic ring is 1. The summed E-state index contributed by atoms with van der Waals surface area (Å²) in [5.74, 6) is -0.462. The molecular weight excluding hydrogens is 261 g/mol. The predicted octanol–water partition coefficient (Wildman–Crippen LogP) is 1.75. The summed E-state index contributed by atoms with van der Waals surface area (Å²) in [4.78, 5) is 24.9. The SMILES string of the molecule is Nc1cc(F)ccc1NC(=O)CCCN1CCCC1=O. The number of nitrogens with zero attached hydrogens (tertiary/aromatic N) is 1. The molecule has 108 valence electrons. The summed E-state index contributed by atoms with van der Waals surface area (Å²) in [6, 6.07) is 3.85. The van der Waals surface area contributed by atoms with E-state index in [2.05, 4.69) is 5.32 Å². The maximum absolute atomic E-state index is 12.9. The van der Waals surface area contributed by atoms with Crippen molar-refractivity contribution in [3.63, 3.8) is 0 Å². The fourth-order valence-corrected chi connectivity index (χ4v) is 2.23. The smallest absolute Gasteiger partial charge is 0.224 e. The average molecular weight is 279 g/mol. The Labute approximate surface area is 116 Å². The minimum absolute atomic E-state index is 0.160. The van der Waals surface area contributed by atoms with Crippen LogP contribution in [0.1, 0.15) is 25.7 Å². The molecule has 6 heteroatoms. The van der Waals surface area contributed by atoms with Crippen molar-refractivity contribution in [2.24, 2.45) is 0 Å². The number of amides is 2. The molecule has 0 spiro atoms. The molecule has 1 saturated heterocycles. The zero-order chi connectivity index (χ0) is 14.5. The first-order valence-electron chi connectivity index (χ1n) is 6.69. The number of rotatable bonds is 5. The summed E-state index contributed by atoms with van der Waals surface area (Å²) < 4.78 is 12.9. The number of hydrogen-bond acceptors (Lipinski definition) is 3. The first kappa shape index (κ1) is 14.3. The Hall–Kier alpha value is -2.11. The first-order chi connectivity index (χ1) is 9.56. The van der Waals surface area contributed by atoms with Gasteiger partial charge >= 0.3 is 0 Å². The van der Waals surface area contributed by atoms with Crippen LogP contribution < -0.4 is 11.1 Å². The molecule has 2 amide bonds. The van der Waals surface area contributed by atoms with Crippen LogP contribution in [0.3, 0.4) is 0 Å². The van der Waals surface area contributed by atoms with Gasteiger partial charge in [-0.2, -0.15) is 0 Å². The van der Waals surface area contributed by atoms with Gasteiger partial charge < -0.3 is 16.0 Å². The van der Waals surface area contributed by atoms with Gasteiger partial charge in [-0.15, -0.1) is 0 Å². The highest BCUT2D eigenvalue weighted by Gasteiger charge is 2.19. The number of carbonyl (C=O) groups excluding carboxylic acids is 2. The Balaban J connectivity index is 1.76. The molecule has 2 rings (SSSR count). The van der Waals surface area contributed by atoms with Crippen molar-refractivity contribution in [2.75, 3.05) is 24.1 Å². The molecule has 1 aromatic rings. The van der Waals surface area contributed by atoms with Gasteiger partial charge in [-0.1, -0.05) is 0 Å².